The van der Waals surface area contributed by atoms with E-state index in [1.807, 2.05) is 19.1 Å². The first-order valence-corrected chi connectivity index (χ1v) is 10.4. The second kappa shape index (κ2) is 9.08. The van der Waals surface area contributed by atoms with Crippen LogP contribution in [0.4, 0.5) is 5.69 Å². The molecule has 7 heteroatoms. The van der Waals surface area contributed by atoms with E-state index in [9.17, 15) is 14.4 Å². The second-order valence-electron chi connectivity index (χ2n) is 7.65. The number of rotatable bonds is 6. The highest BCUT2D eigenvalue weighted by Crippen LogP contribution is 2.27. The van der Waals surface area contributed by atoms with Crippen LogP contribution in [0.25, 0.3) is 22.4 Å². The second-order valence-corrected chi connectivity index (χ2v) is 7.65. The number of Topliss-reactive ketones (excluding diaryl/α,β-unsaturated/α-hetero) is 1. The average Bonchev–Trinajstić information content (AvgIpc) is 3.24. The summed E-state index contributed by atoms with van der Waals surface area (Å²) in [5.41, 5.74) is 2.43. The van der Waals surface area contributed by atoms with Gasteiger partial charge in [-0.25, -0.2) is 9.78 Å². The number of para-hydroxylation sites is 1. The lowest BCUT2D eigenvalue weighted by Crippen LogP contribution is -2.30. The lowest BCUT2D eigenvalue weighted by atomic mass is 10.1. The maximum Gasteiger partial charge on any atom is 0.339 e. The first-order valence-electron chi connectivity index (χ1n) is 10.4. The number of fused-ring (bicyclic) bond motifs is 1. The van der Waals surface area contributed by atoms with E-state index in [1.54, 1.807) is 54.6 Å². The van der Waals surface area contributed by atoms with Crippen LogP contribution in [-0.4, -0.2) is 28.7 Å². The zero-order valence-corrected chi connectivity index (χ0v) is 18.4. The number of benzene rings is 2. The van der Waals surface area contributed by atoms with Gasteiger partial charge in [-0.05, 0) is 69.3 Å². The maximum absolute atomic E-state index is 13.0. The molecule has 0 radical (unpaired) electrons. The van der Waals surface area contributed by atoms with E-state index in [-0.39, 0.29) is 11.3 Å². The van der Waals surface area contributed by atoms with E-state index in [0.29, 0.717) is 33.6 Å². The van der Waals surface area contributed by atoms with Crippen molar-refractivity contribution in [3.05, 3.63) is 83.6 Å². The number of furan rings is 1. The SMILES string of the molecule is CC(=O)c1ccc(NC(=O)C(C)OC(=O)c2cc(-c3ccc(C)o3)nc3ccccc23)cc1. The summed E-state index contributed by atoms with van der Waals surface area (Å²) in [4.78, 5) is 41.6. The standard InChI is InChI=1S/C26H22N2O5/c1-15-8-13-24(32-15)23-14-21(20-6-4-5-7-22(20)28-23)26(31)33-17(3)25(30)27-19-11-9-18(10-12-19)16(2)29/h4-14,17H,1-3H3,(H,27,30). The number of nitrogens with one attached hydrogen (secondary N) is 1. The topological polar surface area (TPSA) is 98.5 Å². The van der Waals surface area contributed by atoms with Gasteiger partial charge < -0.3 is 14.5 Å². The molecule has 0 saturated heterocycles. The van der Waals surface area contributed by atoms with Gasteiger partial charge in [-0.1, -0.05) is 18.2 Å². The molecule has 4 rings (SSSR count). The first-order chi connectivity index (χ1) is 15.8. The number of hydrogen-bond donors (Lipinski definition) is 1. The highest BCUT2D eigenvalue weighted by Gasteiger charge is 2.22. The average molecular weight is 442 g/mol. The Bertz CT molecular complexity index is 1350. The third-order valence-corrected chi connectivity index (χ3v) is 5.14. The predicted molar refractivity (Wildman–Crippen MR) is 124 cm³/mol. The Labute approximate surface area is 190 Å². The summed E-state index contributed by atoms with van der Waals surface area (Å²) in [6.07, 6.45) is -1.05. The highest BCUT2D eigenvalue weighted by atomic mass is 16.5. The number of esters is 1. The summed E-state index contributed by atoms with van der Waals surface area (Å²) >= 11 is 0. The van der Waals surface area contributed by atoms with Crippen molar-refractivity contribution >= 4 is 34.3 Å². The summed E-state index contributed by atoms with van der Waals surface area (Å²) in [6, 6.07) is 18.9. The quantitative estimate of drug-likeness (QED) is 0.326. The largest absolute Gasteiger partial charge is 0.460 e. The van der Waals surface area contributed by atoms with Gasteiger partial charge in [0.05, 0.1) is 11.1 Å². The number of anilines is 1. The summed E-state index contributed by atoms with van der Waals surface area (Å²) < 4.78 is 11.1. The van der Waals surface area contributed by atoms with Crippen LogP contribution in [0.2, 0.25) is 0 Å². The molecule has 1 unspecified atom stereocenters. The lowest BCUT2D eigenvalue weighted by molar-refractivity contribution is -0.123. The number of carbonyl (C=O) groups is 3. The van der Waals surface area contributed by atoms with Crippen molar-refractivity contribution in [3.8, 4) is 11.5 Å². The number of aromatic nitrogens is 1. The Morgan fingerprint density at radius 3 is 2.39 bits per heavy atom. The zero-order chi connectivity index (χ0) is 23.5. The van der Waals surface area contributed by atoms with E-state index in [0.717, 1.165) is 5.76 Å². The molecule has 0 aliphatic rings. The van der Waals surface area contributed by atoms with Crippen molar-refractivity contribution in [3.63, 3.8) is 0 Å². The molecule has 7 nitrogen and oxygen atoms in total. The number of ketones is 1. The minimum Gasteiger partial charge on any atom is -0.460 e. The molecule has 4 aromatic rings. The molecule has 1 N–H and O–H groups in total. The Hall–Kier alpha value is -4.26. The summed E-state index contributed by atoms with van der Waals surface area (Å²) in [6.45, 7) is 4.79. The van der Waals surface area contributed by atoms with E-state index in [4.69, 9.17) is 9.15 Å². The number of amides is 1. The molecule has 0 bridgehead atoms. The van der Waals surface area contributed by atoms with Crippen LogP contribution in [0.15, 0.2) is 71.1 Å². The van der Waals surface area contributed by atoms with Crippen molar-refractivity contribution in [1.29, 1.82) is 0 Å². The van der Waals surface area contributed by atoms with Crippen molar-refractivity contribution < 1.29 is 23.5 Å². The molecule has 2 aromatic carbocycles. The van der Waals surface area contributed by atoms with Gasteiger partial charge in [0.15, 0.2) is 17.6 Å². The van der Waals surface area contributed by atoms with Crippen molar-refractivity contribution in [1.82, 2.24) is 4.98 Å². The summed E-state index contributed by atoms with van der Waals surface area (Å²) in [5, 5.41) is 3.30. The molecular formula is C26H22N2O5. The molecule has 33 heavy (non-hydrogen) atoms. The highest BCUT2D eigenvalue weighted by molar-refractivity contribution is 6.06. The van der Waals surface area contributed by atoms with Gasteiger partial charge in [0.2, 0.25) is 0 Å². The lowest BCUT2D eigenvalue weighted by Gasteiger charge is -2.15. The fourth-order valence-corrected chi connectivity index (χ4v) is 3.35. The fraction of sp³-hybridized carbons (Fsp3) is 0.154. The van der Waals surface area contributed by atoms with Crippen LogP contribution in [0, 0.1) is 6.92 Å². The van der Waals surface area contributed by atoms with Gasteiger partial charge in [0, 0.05) is 16.6 Å². The van der Waals surface area contributed by atoms with Crippen LogP contribution in [-0.2, 0) is 9.53 Å². The smallest absolute Gasteiger partial charge is 0.339 e. The summed E-state index contributed by atoms with van der Waals surface area (Å²) in [7, 11) is 0. The van der Waals surface area contributed by atoms with Gasteiger partial charge in [-0.15, -0.1) is 0 Å². The van der Waals surface area contributed by atoms with Crippen molar-refractivity contribution in [2.45, 2.75) is 26.9 Å². The number of nitrogens with zero attached hydrogens (tertiary/aromatic N) is 1. The predicted octanol–water partition coefficient (Wildman–Crippen LogP) is 5.19. The number of aryl methyl sites for hydroxylation is 1. The minimum atomic E-state index is -1.05. The van der Waals surface area contributed by atoms with Gasteiger partial charge in [-0.3, -0.25) is 9.59 Å². The van der Waals surface area contributed by atoms with Crippen molar-refractivity contribution in [2.24, 2.45) is 0 Å². The first kappa shape index (κ1) is 22.0. The van der Waals surface area contributed by atoms with Crippen molar-refractivity contribution in [2.75, 3.05) is 5.32 Å². The molecule has 1 amide bonds. The van der Waals surface area contributed by atoms with Gasteiger partial charge in [-0.2, -0.15) is 0 Å². The molecule has 0 saturated carbocycles. The van der Waals surface area contributed by atoms with E-state index in [2.05, 4.69) is 10.3 Å². The molecule has 0 aliphatic heterocycles. The molecule has 2 heterocycles. The molecule has 0 fully saturated rings. The maximum atomic E-state index is 13.0. The van der Waals surface area contributed by atoms with Gasteiger partial charge in [0.25, 0.3) is 5.91 Å². The normalized spacial score (nSPS) is 11.7. The fourth-order valence-electron chi connectivity index (χ4n) is 3.35. The molecule has 166 valence electrons. The zero-order valence-electron chi connectivity index (χ0n) is 18.4. The van der Waals surface area contributed by atoms with Crippen LogP contribution >= 0.6 is 0 Å². The molecule has 2 aromatic heterocycles. The van der Waals surface area contributed by atoms with Gasteiger partial charge in [0.1, 0.15) is 11.5 Å². The Kier molecular flexibility index (Phi) is 6.04. The van der Waals surface area contributed by atoms with Gasteiger partial charge >= 0.3 is 5.97 Å². The van der Waals surface area contributed by atoms with E-state index < -0.39 is 18.0 Å². The molecule has 0 aliphatic carbocycles. The third kappa shape index (κ3) is 4.82. The number of ether oxygens (including phenoxy) is 1. The molecular weight excluding hydrogens is 420 g/mol. The Morgan fingerprint density at radius 2 is 1.73 bits per heavy atom. The van der Waals surface area contributed by atoms with E-state index >= 15 is 0 Å². The number of pyridine rings is 1. The minimum absolute atomic E-state index is 0.0659. The van der Waals surface area contributed by atoms with Crippen LogP contribution in [0.1, 0.15) is 40.3 Å². The number of carbonyl (C=O) groups excluding carboxylic acids is 3. The Morgan fingerprint density at radius 1 is 1.00 bits per heavy atom. The number of hydrogen-bond acceptors (Lipinski definition) is 6. The monoisotopic (exact) mass is 442 g/mol. The van der Waals surface area contributed by atoms with Crippen LogP contribution < -0.4 is 5.32 Å². The Balaban J connectivity index is 1.55. The van der Waals surface area contributed by atoms with E-state index in [1.165, 1.54) is 13.8 Å². The molecule has 0 spiro atoms. The molecule has 1 atom stereocenters. The van der Waals surface area contributed by atoms with Crippen LogP contribution in [0.3, 0.4) is 0 Å². The van der Waals surface area contributed by atoms with Crippen LogP contribution in [0.5, 0.6) is 0 Å². The summed E-state index contributed by atoms with van der Waals surface area (Å²) in [5.74, 6) is 0.0634. The third-order valence-electron chi connectivity index (χ3n) is 5.14.